The van der Waals surface area contributed by atoms with E-state index in [0.717, 1.165) is 18.2 Å². The van der Waals surface area contributed by atoms with Gasteiger partial charge >= 0.3 is 11.9 Å². The van der Waals surface area contributed by atoms with Crippen LogP contribution in [0.5, 0.6) is 0 Å². The van der Waals surface area contributed by atoms with Gasteiger partial charge in [0.15, 0.2) is 11.8 Å². The van der Waals surface area contributed by atoms with E-state index < -0.39 is 65.1 Å². The van der Waals surface area contributed by atoms with Gasteiger partial charge < -0.3 is 20.6 Å². The SMILES string of the molecule is O=C(N[C@H](Cc1ccccc1)[C@@H](O)C(=O)O)c1cc(C(=O)O)n(Cc2c(F)cc(Cl)cc2F)n1. The van der Waals surface area contributed by atoms with Gasteiger partial charge in [-0.2, -0.15) is 5.10 Å². The molecule has 9 nitrogen and oxygen atoms in total. The zero-order valence-corrected chi connectivity index (χ0v) is 18.0. The number of benzene rings is 2. The van der Waals surface area contributed by atoms with Crippen LogP contribution in [-0.4, -0.2) is 55.1 Å². The minimum Gasteiger partial charge on any atom is -0.479 e. The summed E-state index contributed by atoms with van der Waals surface area (Å²) in [4.78, 5) is 35.7. The Labute approximate surface area is 196 Å². The monoisotopic (exact) mass is 493 g/mol. The Kier molecular flexibility index (Phi) is 7.59. The fourth-order valence-corrected chi connectivity index (χ4v) is 3.41. The number of hydrogen-bond acceptors (Lipinski definition) is 5. The van der Waals surface area contributed by atoms with Crippen molar-refractivity contribution in [2.24, 2.45) is 0 Å². The Morgan fingerprint density at radius 2 is 1.68 bits per heavy atom. The first-order chi connectivity index (χ1) is 16.1. The van der Waals surface area contributed by atoms with Gasteiger partial charge in [0, 0.05) is 16.7 Å². The number of amides is 1. The fourth-order valence-electron chi connectivity index (χ4n) is 3.22. The van der Waals surface area contributed by atoms with E-state index in [0.29, 0.717) is 10.2 Å². The molecular formula is C22H18ClF2N3O6. The van der Waals surface area contributed by atoms with Crippen molar-refractivity contribution in [2.45, 2.75) is 25.1 Å². The molecule has 0 spiro atoms. The van der Waals surface area contributed by atoms with Crippen molar-refractivity contribution in [3.8, 4) is 0 Å². The van der Waals surface area contributed by atoms with Crippen molar-refractivity contribution >= 4 is 29.4 Å². The normalized spacial score (nSPS) is 12.7. The summed E-state index contributed by atoms with van der Waals surface area (Å²) < 4.78 is 29.0. The number of halogens is 3. The third-order valence-corrected chi connectivity index (χ3v) is 5.11. The van der Waals surface area contributed by atoms with Crippen LogP contribution in [0.2, 0.25) is 5.02 Å². The molecule has 2 atom stereocenters. The lowest BCUT2D eigenvalue weighted by molar-refractivity contribution is -0.148. The maximum Gasteiger partial charge on any atom is 0.354 e. The average Bonchev–Trinajstić information content (AvgIpc) is 3.20. The molecule has 2 aromatic carbocycles. The number of nitrogens with one attached hydrogen (secondary N) is 1. The first-order valence-electron chi connectivity index (χ1n) is 9.77. The smallest absolute Gasteiger partial charge is 0.354 e. The standard InChI is InChI=1S/C22H18ClF2N3O6/c23-12-7-14(24)13(15(25)8-12)10-28-18(21(31)32)9-17(27-28)20(30)26-16(19(29)22(33)34)6-11-4-2-1-3-5-11/h1-5,7-9,16,19,29H,6,10H2,(H,26,30)(H,31,32)(H,33,34)/t16-,19-/m1/s1. The average molecular weight is 494 g/mol. The summed E-state index contributed by atoms with van der Waals surface area (Å²) in [6, 6.07) is 9.73. The summed E-state index contributed by atoms with van der Waals surface area (Å²) in [6.07, 6.45) is -2.02. The first kappa shape index (κ1) is 24.8. The Morgan fingerprint density at radius 3 is 2.24 bits per heavy atom. The highest BCUT2D eigenvalue weighted by atomic mass is 35.5. The van der Waals surface area contributed by atoms with Gasteiger partial charge in [-0.1, -0.05) is 41.9 Å². The van der Waals surface area contributed by atoms with Crippen LogP contribution in [0.15, 0.2) is 48.5 Å². The molecule has 0 unspecified atom stereocenters. The zero-order valence-electron chi connectivity index (χ0n) is 17.3. The highest BCUT2D eigenvalue weighted by molar-refractivity contribution is 6.30. The molecule has 0 aliphatic carbocycles. The van der Waals surface area contributed by atoms with Gasteiger partial charge in [0.1, 0.15) is 17.3 Å². The molecule has 1 heterocycles. The number of aliphatic carboxylic acids is 1. The maximum atomic E-state index is 14.2. The van der Waals surface area contributed by atoms with E-state index in [2.05, 4.69) is 10.4 Å². The van der Waals surface area contributed by atoms with Crippen LogP contribution in [0, 0.1) is 11.6 Å². The van der Waals surface area contributed by atoms with Crippen molar-refractivity contribution in [1.82, 2.24) is 15.1 Å². The van der Waals surface area contributed by atoms with Gasteiger partial charge in [0.05, 0.1) is 12.6 Å². The molecule has 0 aliphatic heterocycles. The molecule has 0 fully saturated rings. The third kappa shape index (κ3) is 5.74. The van der Waals surface area contributed by atoms with Crippen LogP contribution < -0.4 is 5.32 Å². The van der Waals surface area contributed by atoms with Gasteiger partial charge in [-0.25, -0.2) is 18.4 Å². The van der Waals surface area contributed by atoms with E-state index in [-0.39, 0.29) is 11.4 Å². The number of aliphatic hydroxyl groups excluding tert-OH is 1. The molecular weight excluding hydrogens is 476 g/mol. The number of aromatic carboxylic acids is 1. The van der Waals surface area contributed by atoms with Crippen molar-refractivity contribution in [1.29, 1.82) is 0 Å². The number of aromatic nitrogens is 2. The molecule has 0 bridgehead atoms. The van der Waals surface area contributed by atoms with Gasteiger partial charge in [-0.15, -0.1) is 0 Å². The van der Waals surface area contributed by atoms with Gasteiger partial charge in [-0.05, 0) is 24.1 Å². The second-order valence-electron chi connectivity index (χ2n) is 7.28. The second kappa shape index (κ2) is 10.4. The Balaban J connectivity index is 1.89. The number of carbonyl (C=O) groups excluding carboxylic acids is 1. The van der Waals surface area contributed by atoms with E-state index in [1.54, 1.807) is 30.3 Å². The molecule has 0 saturated heterocycles. The molecule has 1 aromatic heterocycles. The Hall–Kier alpha value is -3.83. The second-order valence-corrected chi connectivity index (χ2v) is 7.71. The van der Waals surface area contributed by atoms with Crippen LogP contribution >= 0.6 is 11.6 Å². The van der Waals surface area contributed by atoms with Crippen molar-refractivity contribution in [3.05, 3.63) is 87.7 Å². The summed E-state index contributed by atoms with van der Waals surface area (Å²) in [5.41, 5.74) is -0.899. The first-order valence-corrected chi connectivity index (χ1v) is 10.1. The van der Waals surface area contributed by atoms with Gasteiger partial charge in [0.25, 0.3) is 5.91 Å². The Bertz CT molecular complexity index is 1210. The molecule has 12 heteroatoms. The summed E-state index contributed by atoms with van der Waals surface area (Å²) in [6.45, 7) is -0.658. The van der Waals surface area contributed by atoms with Crippen LogP contribution in [0.3, 0.4) is 0 Å². The highest BCUT2D eigenvalue weighted by Crippen LogP contribution is 2.21. The van der Waals surface area contributed by atoms with Crippen LogP contribution in [0.25, 0.3) is 0 Å². The minimum absolute atomic E-state index is 0.0479. The number of carbonyl (C=O) groups is 3. The minimum atomic E-state index is -1.97. The quantitative estimate of drug-likeness (QED) is 0.358. The summed E-state index contributed by atoms with van der Waals surface area (Å²) in [7, 11) is 0. The van der Waals surface area contributed by atoms with E-state index in [9.17, 15) is 38.5 Å². The van der Waals surface area contributed by atoms with Crippen molar-refractivity contribution < 1.29 is 38.5 Å². The number of aliphatic hydroxyl groups is 1. The molecule has 0 saturated carbocycles. The molecule has 34 heavy (non-hydrogen) atoms. The Morgan fingerprint density at radius 1 is 1.06 bits per heavy atom. The fraction of sp³-hybridized carbons (Fsp3) is 0.182. The van der Waals surface area contributed by atoms with E-state index >= 15 is 0 Å². The predicted octanol–water partition coefficient (Wildman–Crippen LogP) is 2.35. The largest absolute Gasteiger partial charge is 0.479 e. The molecule has 3 rings (SSSR count). The topological polar surface area (TPSA) is 142 Å². The predicted molar refractivity (Wildman–Crippen MR) is 115 cm³/mol. The summed E-state index contributed by atoms with van der Waals surface area (Å²) in [5.74, 6) is -6.15. The van der Waals surface area contributed by atoms with Crippen LogP contribution in [-0.2, 0) is 17.8 Å². The van der Waals surface area contributed by atoms with Crippen LogP contribution in [0.4, 0.5) is 8.78 Å². The zero-order chi connectivity index (χ0) is 25.0. The lowest BCUT2D eigenvalue weighted by Gasteiger charge is -2.21. The van der Waals surface area contributed by atoms with Gasteiger partial charge in [-0.3, -0.25) is 9.48 Å². The van der Waals surface area contributed by atoms with Crippen molar-refractivity contribution in [2.75, 3.05) is 0 Å². The molecule has 3 aromatic rings. The number of hydrogen-bond donors (Lipinski definition) is 4. The maximum absolute atomic E-state index is 14.2. The molecule has 0 radical (unpaired) electrons. The number of rotatable bonds is 9. The van der Waals surface area contributed by atoms with E-state index in [4.69, 9.17) is 11.6 Å². The molecule has 178 valence electrons. The number of nitrogens with zero attached hydrogens (tertiary/aromatic N) is 2. The molecule has 0 aliphatic rings. The lowest BCUT2D eigenvalue weighted by Crippen LogP contribution is -2.48. The third-order valence-electron chi connectivity index (χ3n) is 4.89. The van der Waals surface area contributed by atoms with E-state index in [1.807, 2.05) is 0 Å². The molecule has 4 N–H and O–H groups in total. The highest BCUT2D eigenvalue weighted by Gasteiger charge is 2.29. The van der Waals surface area contributed by atoms with Crippen LogP contribution in [0.1, 0.15) is 32.1 Å². The molecule has 1 amide bonds. The number of carboxylic acid groups (broad SMARTS) is 2. The van der Waals surface area contributed by atoms with E-state index in [1.165, 1.54) is 0 Å². The van der Waals surface area contributed by atoms with Gasteiger partial charge in [0.2, 0.25) is 0 Å². The van der Waals surface area contributed by atoms with Crippen molar-refractivity contribution in [3.63, 3.8) is 0 Å². The number of carboxylic acids is 2. The summed E-state index contributed by atoms with van der Waals surface area (Å²) in [5, 5.41) is 34.6. The summed E-state index contributed by atoms with van der Waals surface area (Å²) >= 11 is 5.60. The lowest BCUT2D eigenvalue weighted by atomic mass is 10.0.